The Kier molecular flexibility index (Phi) is 8.44. The van der Waals surface area contributed by atoms with E-state index in [-0.39, 0.29) is 0 Å². The topological polar surface area (TPSA) is 33.6 Å². The van der Waals surface area contributed by atoms with Crippen LogP contribution in [-0.4, -0.2) is 20.9 Å². The maximum atomic E-state index is 6.31. The smallest absolute Gasteiger partial charge is 0.179 e. The zero-order valence-corrected chi connectivity index (χ0v) is 31.8. The molecule has 0 amide bonds. The molecule has 5 heteroatoms. The maximum absolute atomic E-state index is 6.31. The Morgan fingerprint density at radius 2 is 1.11 bits per heavy atom. The van der Waals surface area contributed by atoms with Crippen LogP contribution >= 0.6 is 11.3 Å². The molecule has 1 aliphatic heterocycles. The zero-order chi connectivity index (χ0) is 36.6. The summed E-state index contributed by atoms with van der Waals surface area (Å²) in [5.41, 5.74) is 7.52. The monoisotopic (exact) mass is 740 g/mol. The van der Waals surface area contributed by atoms with Gasteiger partial charge in [0, 0.05) is 26.4 Å². The predicted molar refractivity (Wildman–Crippen MR) is 237 cm³/mol. The molecule has 1 aliphatic rings. The molecule has 2 heterocycles. The van der Waals surface area contributed by atoms with Crippen molar-refractivity contribution in [3.05, 3.63) is 194 Å². The first-order valence-corrected chi connectivity index (χ1v) is 21.5. The van der Waals surface area contributed by atoms with Crippen molar-refractivity contribution in [3.8, 4) is 28.0 Å². The van der Waals surface area contributed by atoms with E-state index in [0.717, 1.165) is 33.9 Å². The van der Waals surface area contributed by atoms with E-state index in [1.54, 1.807) is 0 Å². The van der Waals surface area contributed by atoms with Gasteiger partial charge in [-0.05, 0) is 73.3 Å². The standard InChI is InChI=1S/C50H36N2OSSi/c1-3-16-38(17-4-1)55(39-18-5-2-6-19-39,41-21-12-15-37(33-41)42-23-13-24-44-43-22-7-10-27-49(43)54-50(42)44)40-20-11-14-35(32-40)36-28-29-47-48(34-36)53-31-30-51-45-25-8-9-26-46(45)52-47/h1-30,32-34,52H,31H2. The summed E-state index contributed by atoms with van der Waals surface area (Å²) >= 11 is 1.88. The normalized spacial score (nSPS) is 12.5. The number of aliphatic imine (C=N–C) groups is 1. The second-order valence-corrected chi connectivity index (χ2v) is 18.8. The maximum Gasteiger partial charge on any atom is 0.179 e. The number of hydrogen-bond donors (Lipinski definition) is 1. The van der Waals surface area contributed by atoms with Crippen LogP contribution in [0.5, 0.6) is 5.75 Å². The molecule has 0 atom stereocenters. The molecule has 1 aromatic heterocycles. The molecular weight excluding hydrogens is 705 g/mol. The van der Waals surface area contributed by atoms with Gasteiger partial charge in [0.2, 0.25) is 0 Å². The van der Waals surface area contributed by atoms with Gasteiger partial charge >= 0.3 is 0 Å². The van der Waals surface area contributed by atoms with Gasteiger partial charge in [-0.1, -0.05) is 164 Å². The Balaban J connectivity index is 1.16. The van der Waals surface area contributed by atoms with Gasteiger partial charge in [-0.15, -0.1) is 11.3 Å². The fourth-order valence-corrected chi connectivity index (χ4v) is 14.3. The Labute approximate surface area is 325 Å². The lowest BCUT2D eigenvalue weighted by atomic mass is 10.0. The minimum atomic E-state index is -2.87. The summed E-state index contributed by atoms with van der Waals surface area (Å²) in [5.74, 6) is 0.795. The number of rotatable bonds is 6. The molecule has 0 aliphatic carbocycles. The van der Waals surface area contributed by atoms with Gasteiger partial charge in [0.05, 0.1) is 17.1 Å². The van der Waals surface area contributed by atoms with Gasteiger partial charge in [0.1, 0.15) is 12.4 Å². The van der Waals surface area contributed by atoms with Gasteiger partial charge in [0.25, 0.3) is 0 Å². The van der Waals surface area contributed by atoms with Gasteiger partial charge in [-0.2, -0.15) is 0 Å². The van der Waals surface area contributed by atoms with Crippen molar-refractivity contribution in [3.63, 3.8) is 0 Å². The van der Waals surface area contributed by atoms with Crippen molar-refractivity contribution in [1.29, 1.82) is 0 Å². The Morgan fingerprint density at radius 3 is 1.91 bits per heavy atom. The number of nitrogens with zero attached hydrogens (tertiary/aromatic N) is 1. The first-order valence-electron chi connectivity index (χ1n) is 18.6. The van der Waals surface area contributed by atoms with Crippen LogP contribution in [0.4, 0.5) is 17.1 Å². The number of anilines is 2. The largest absolute Gasteiger partial charge is 0.486 e. The van der Waals surface area contributed by atoms with Gasteiger partial charge in [0.15, 0.2) is 8.07 Å². The minimum absolute atomic E-state index is 0.385. The summed E-state index contributed by atoms with van der Waals surface area (Å²) < 4.78 is 8.96. The molecule has 0 unspecified atom stereocenters. The van der Waals surface area contributed by atoms with Crippen molar-refractivity contribution < 1.29 is 4.74 Å². The summed E-state index contributed by atoms with van der Waals surface area (Å²) in [4.78, 5) is 4.64. The molecule has 3 nitrogen and oxygen atoms in total. The van der Waals surface area contributed by atoms with Crippen molar-refractivity contribution in [1.82, 2.24) is 0 Å². The van der Waals surface area contributed by atoms with Gasteiger partial charge in [-0.25, -0.2) is 0 Å². The summed E-state index contributed by atoms with van der Waals surface area (Å²) in [6.07, 6.45) is 1.83. The third kappa shape index (κ3) is 5.85. The van der Waals surface area contributed by atoms with E-state index in [0.29, 0.717) is 6.61 Å². The molecule has 262 valence electrons. The molecule has 8 aromatic carbocycles. The van der Waals surface area contributed by atoms with Crippen LogP contribution in [0.2, 0.25) is 0 Å². The fraction of sp³-hybridized carbons (Fsp3) is 0.0200. The lowest BCUT2D eigenvalue weighted by Crippen LogP contribution is -2.74. The number of para-hydroxylation sites is 2. The van der Waals surface area contributed by atoms with E-state index in [1.807, 2.05) is 35.8 Å². The Hall–Kier alpha value is -6.53. The molecule has 0 saturated carbocycles. The first kappa shape index (κ1) is 33.1. The molecule has 0 spiro atoms. The molecule has 9 aromatic rings. The number of benzene rings is 8. The highest BCUT2D eigenvalue weighted by Crippen LogP contribution is 2.40. The third-order valence-electron chi connectivity index (χ3n) is 10.8. The van der Waals surface area contributed by atoms with Crippen molar-refractivity contribution >= 4 is 83.6 Å². The molecule has 0 fully saturated rings. The zero-order valence-electron chi connectivity index (χ0n) is 30.0. The van der Waals surface area contributed by atoms with E-state index < -0.39 is 8.07 Å². The summed E-state index contributed by atoms with van der Waals surface area (Å²) in [7, 11) is -2.87. The molecule has 0 saturated heterocycles. The second-order valence-electron chi connectivity index (χ2n) is 13.9. The van der Waals surface area contributed by atoms with Crippen LogP contribution in [0.15, 0.2) is 199 Å². The van der Waals surface area contributed by atoms with E-state index >= 15 is 0 Å². The number of fused-ring (bicyclic) bond motifs is 5. The highest BCUT2D eigenvalue weighted by Gasteiger charge is 2.41. The molecule has 55 heavy (non-hydrogen) atoms. The van der Waals surface area contributed by atoms with Crippen LogP contribution in [0.3, 0.4) is 0 Å². The van der Waals surface area contributed by atoms with Crippen molar-refractivity contribution in [2.45, 2.75) is 0 Å². The van der Waals surface area contributed by atoms with Crippen LogP contribution in [0.1, 0.15) is 0 Å². The lowest BCUT2D eigenvalue weighted by Gasteiger charge is -2.35. The average molecular weight is 741 g/mol. The average Bonchev–Trinajstić information content (AvgIpc) is 3.67. The Morgan fingerprint density at radius 1 is 0.491 bits per heavy atom. The quantitative estimate of drug-likeness (QED) is 0.136. The molecule has 1 N–H and O–H groups in total. The lowest BCUT2D eigenvalue weighted by molar-refractivity contribution is 0.383. The van der Waals surface area contributed by atoms with Gasteiger partial charge in [-0.3, -0.25) is 4.99 Å². The highest BCUT2D eigenvalue weighted by molar-refractivity contribution is 7.26. The molecular formula is C50H36N2OSSi. The van der Waals surface area contributed by atoms with Crippen molar-refractivity contribution in [2.75, 3.05) is 11.9 Å². The van der Waals surface area contributed by atoms with E-state index in [2.05, 4.69) is 186 Å². The minimum Gasteiger partial charge on any atom is -0.486 e. The SMILES string of the molecule is C1=Nc2ccccc2Nc2ccc(-c3cccc([Si](c4ccccc4)(c4ccccc4)c4cccc(-c5cccc6c5sc5ccccc56)c4)c3)cc2OC1. The summed E-state index contributed by atoms with van der Waals surface area (Å²) in [6.45, 7) is 0.385. The van der Waals surface area contributed by atoms with E-state index in [9.17, 15) is 0 Å². The third-order valence-corrected chi connectivity index (χ3v) is 16.7. The summed E-state index contributed by atoms with van der Waals surface area (Å²) in [6, 6.07) is 71.0. The van der Waals surface area contributed by atoms with Crippen LogP contribution in [0, 0.1) is 0 Å². The van der Waals surface area contributed by atoms with Crippen LogP contribution < -0.4 is 30.8 Å². The number of ether oxygens (including phenoxy) is 1. The number of nitrogens with one attached hydrogen (secondary N) is 1. The first-order chi connectivity index (χ1) is 27.3. The van der Waals surface area contributed by atoms with Crippen molar-refractivity contribution in [2.24, 2.45) is 4.99 Å². The number of hydrogen-bond acceptors (Lipinski definition) is 4. The molecule has 10 rings (SSSR count). The van der Waals surface area contributed by atoms with Crippen LogP contribution in [-0.2, 0) is 0 Å². The second kappa shape index (κ2) is 14.0. The summed E-state index contributed by atoms with van der Waals surface area (Å²) in [5, 5.41) is 11.6. The number of thiophene rings is 1. The fourth-order valence-electron chi connectivity index (χ4n) is 8.23. The van der Waals surface area contributed by atoms with E-state index in [1.165, 1.54) is 52.0 Å². The van der Waals surface area contributed by atoms with Crippen LogP contribution in [0.25, 0.3) is 42.4 Å². The predicted octanol–water partition coefficient (Wildman–Crippen LogP) is 10.6. The molecule has 0 bridgehead atoms. The molecule has 0 radical (unpaired) electrons. The van der Waals surface area contributed by atoms with E-state index in [4.69, 9.17) is 4.74 Å². The van der Waals surface area contributed by atoms with Gasteiger partial charge < -0.3 is 10.1 Å². The highest BCUT2D eigenvalue weighted by atomic mass is 32.1. The Bertz CT molecular complexity index is 2830.